The van der Waals surface area contributed by atoms with Crippen molar-refractivity contribution in [1.82, 2.24) is 0 Å². The molecule has 84 valence electrons. The Morgan fingerprint density at radius 1 is 1.41 bits per heavy atom. The van der Waals surface area contributed by atoms with Crippen LogP contribution >= 0.6 is 0 Å². The van der Waals surface area contributed by atoms with Gasteiger partial charge in [-0.15, -0.1) is 0 Å². The van der Waals surface area contributed by atoms with Gasteiger partial charge in [-0.25, -0.2) is 4.79 Å². The van der Waals surface area contributed by atoms with Gasteiger partial charge in [0.15, 0.2) is 0 Å². The Morgan fingerprint density at radius 3 is 2.94 bits per heavy atom. The maximum absolute atomic E-state index is 10.8. The molecule has 0 fully saturated rings. The average Bonchev–Trinajstić information content (AvgIpc) is 2.90. The van der Waals surface area contributed by atoms with Crippen LogP contribution in [0.1, 0.15) is 12.5 Å². The summed E-state index contributed by atoms with van der Waals surface area (Å²) in [7, 11) is 0. The van der Waals surface area contributed by atoms with Crippen molar-refractivity contribution in [2.45, 2.75) is 6.92 Å². The largest absolute Gasteiger partial charge is 0.471 e. The highest BCUT2D eigenvalue weighted by Gasteiger charge is 2.08. The van der Waals surface area contributed by atoms with Gasteiger partial charge in [0.1, 0.15) is 12.0 Å². The fourth-order valence-electron chi connectivity index (χ4n) is 1.25. The number of ether oxygens (including phenoxy) is 1. The minimum atomic E-state index is -0.339. The highest BCUT2D eigenvalue weighted by molar-refractivity contribution is 5.86. The van der Waals surface area contributed by atoms with E-state index in [0.717, 1.165) is 11.1 Å². The maximum atomic E-state index is 10.8. The van der Waals surface area contributed by atoms with E-state index in [1.54, 1.807) is 36.8 Å². The Morgan fingerprint density at radius 2 is 2.29 bits per heavy atom. The van der Waals surface area contributed by atoms with E-state index >= 15 is 0 Å². The first-order chi connectivity index (χ1) is 8.24. The van der Waals surface area contributed by atoms with Crippen molar-refractivity contribution >= 4 is 5.97 Å². The molecule has 0 amide bonds. The standard InChI is InChI=1S/C14H10O3/c1-11(9-13-5-6-14(15)17-13)3-2-4-12-7-8-16-10-12/h3,5-10H,1H3/b11-3+,13-9-. The monoisotopic (exact) mass is 226 g/mol. The van der Waals surface area contributed by atoms with Gasteiger partial charge in [0.2, 0.25) is 0 Å². The van der Waals surface area contributed by atoms with E-state index in [-0.39, 0.29) is 5.97 Å². The van der Waals surface area contributed by atoms with Crippen molar-refractivity contribution in [1.29, 1.82) is 0 Å². The Kier molecular flexibility index (Phi) is 3.27. The molecule has 3 nitrogen and oxygen atoms in total. The molecule has 1 aromatic rings. The topological polar surface area (TPSA) is 39.4 Å². The third-order valence-corrected chi connectivity index (χ3v) is 2.01. The molecule has 0 aromatic carbocycles. The first kappa shape index (κ1) is 11.0. The Hall–Kier alpha value is -2.47. The van der Waals surface area contributed by atoms with Crippen LogP contribution in [0.3, 0.4) is 0 Å². The smallest absolute Gasteiger partial charge is 0.336 e. The maximum Gasteiger partial charge on any atom is 0.336 e. The molecule has 0 spiro atoms. The summed E-state index contributed by atoms with van der Waals surface area (Å²) in [5.74, 6) is 6.00. The van der Waals surface area contributed by atoms with Crippen molar-refractivity contribution in [3.8, 4) is 11.8 Å². The van der Waals surface area contributed by atoms with Crippen molar-refractivity contribution in [2.75, 3.05) is 0 Å². The molecular formula is C14H10O3. The molecule has 17 heavy (non-hydrogen) atoms. The van der Waals surface area contributed by atoms with Crippen LogP contribution in [0, 0.1) is 11.8 Å². The number of carbonyl (C=O) groups excluding carboxylic acids is 1. The zero-order chi connectivity index (χ0) is 12.1. The SMILES string of the molecule is CC(/C=C1/C=CC(=O)O1)=C\C#Cc1ccoc1. The lowest BCUT2D eigenvalue weighted by Gasteiger charge is -1.94. The lowest BCUT2D eigenvalue weighted by atomic mass is 10.2. The Balaban J connectivity index is 2.03. The summed E-state index contributed by atoms with van der Waals surface area (Å²) in [5, 5.41) is 0. The summed E-state index contributed by atoms with van der Waals surface area (Å²) < 4.78 is 9.78. The summed E-state index contributed by atoms with van der Waals surface area (Å²) in [6.07, 6.45) is 9.67. The number of esters is 1. The molecule has 0 unspecified atom stereocenters. The van der Waals surface area contributed by atoms with Gasteiger partial charge < -0.3 is 9.15 Å². The van der Waals surface area contributed by atoms with E-state index in [1.165, 1.54) is 6.08 Å². The summed E-state index contributed by atoms with van der Waals surface area (Å²) in [6.45, 7) is 1.89. The fraction of sp³-hybridized carbons (Fsp3) is 0.0714. The number of hydrogen-bond donors (Lipinski definition) is 0. The molecule has 0 N–H and O–H groups in total. The number of hydrogen-bond acceptors (Lipinski definition) is 3. The van der Waals surface area contributed by atoms with Crippen molar-refractivity contribution in [3.05, 3.63) is 59.8 Å². The van der Waals surface area contributed by atoms with Crippen molar-refractivity contribution in [3.63, 3.8) is 0 Å². The van der Waals surface area contributed by atoms with E-state index in [9.17, 15) is 4.79 Å². The molecule has 2 heterocycles. The van der Waals surface area contributed by atoms with Crippen LogP contribution in [0.15, 0.2) is 58.6 Å². The van der Waals surface area contributed by atoms with E-state index in [1.807, 2.05) is 6.92 Å². The van der Waals surface area contributed by atoms with Crippen molar-refractivity contribution in [2.24, 2.45) is 0 Å². The Bertz CT molecular complexity index is 560. The molecule has 0 radical (unpaired) electrons. The average molecular weight is 226 g/mol. The highest BCUT2D eigenvalue weighted by atomic mass is 16.5. The van der Waals surface area contributed by atoms with Crippen LogP contribution in [0.4, 0.5) is 0 Å². The molecule has 0 bridgehead atoms. The molecule has 0 atom stereocenters. The molecule has 2 rings (SSSR count). The third kappa shape index (κ3) is 3.25. The summed E-state index contributed by atoms with van der Waals surface area (Å²) in [4.78, 5) is 10.8. The van der Waals surface area contributed by atoms with E-state index in [2.05, 4.69) is 11.8 Å². The second kappa shape index (κ2) is 5.04. The van der Waals surface area contributed by atoms with Crippen LogP contribution in [0.5, 0.6) is 0 Å². The van der Waals surface area contributed by atoms with Gasteiger partial charge in [0, 0.05) is 6.08 Å². The zero-order valence-corrected chi connectivity index (χ0v) is 9.27. The number of furan rings is 1. The molecule has 1 aliphatic rings. The van der Waals surface area contributed by atoms with Gasteiger partial charge in [-0.1, -0.05) is 11.8 Å². The van der Waals surface area contributed by atoms with E-state index < -0.39 is 0 Å². The molecule has 0 aliphatic carbocycles. The first-order valence-electron chi connectivity index (χ1n) is 5.06. The lowest BCUT2D eigenvalue weighted by molar-refractivity contribution is -0.132. The predicted molar refractivity (Wildman–Crippen MR) is 62.7 cm³/mol. The minimum Gasteiger partial charge on any atom is -0.471 e. The molecule has 0 saturated heterocycles. The molecule has 1 aromatic heterocycles. The van der Waals surface area contributed by atoms with Gasteiger partial charge in [-0.05, 0) is 36.8 Å². The molecule has 3 heteroatoms. The van der Waals surface area contributed by atoms with Crippen LogP contribution in [-0.4, -0.2) is 5.97 Å². The summed E-state index contributed by atoms with van der Waals surface area (Å²) >= 11 is 0. The minimum absolute atomic E-state index is 0.339. The quantitative estimate of drug-likeness (QED) is 0.545. The second-order valence-corrected chi connectivity index (χ2v) is 3.47. The number of rotatable bonds is 1. The van der Waals surface area contributed by atoms with Gasteiger partial charge in [-0.3, -0.25) is 0 Å². The number of carbonyl (C=O) groups is 1. The summed E-state index contributed by atoms with van der Waals surface area (Å²) in [6, 6.07) is 1.79. The van der Waals surface area contributed by atoms with Crippen LogP contribution in [0.2, 0.25) is 0 Å². The Labute approximate surface area is 99.1 Å². The molecule has 0 saturated carbocycles. The zero-order valence-electron chi connectivity index (χ0n) is 9.27. The van der Waals surface area contributed by atoms with Gasteiger partial charge in [0.25, 0.3) is 0 Å². The predicted octanol–water partition coefficient (Wildman–Crippen LogP) is 2.57. The lowest BCUT2D eigenvalue weighted by Crippen LogP contribution is -1.90. The van der Waals surface area contributed by atoms with E-state index in [4.69, 9.17) is 9.15 Å². The van der Waals surface area contributed by atoms with Crippen LogP contribution < -0.4 is 0 Å². The normalized spacial score (nSPS) is 16.9. The van der Waals surface area contributed by atoms with Gasteiger partial charge >= 0.3 is 5.97 Å². The van der Waals surface area contributed by atoms with Gasteiger partial charge in [0.05, 0.1) is 11.8 Å². The fourth-order valence-corrected chi connectivity index (χ4v) is 1.25. The first-order valence-corrected chi connectivity index (χ1v) is 5.06. The van der Waals surface area contributed by atoms with E-state index in [0.29, 0.717) is 5.76 Å². The van der Waals surface area contributed by atoms with Crippen LogP contribution in [0.25, 0.3) is 0 Å². The number of cyclic esters (lactones) is 1. The molecule has 1 aliphatic heterocycles. The van der Waals surface area contributed by atoms with Crippen molar-refractivity contribution < 1.29 is 13.9 Å². The second-order valence-electron chi connectivity index (χ2n) is 3.47. The number of allylic oxidation sites excluding steroid dienone is 4. The highest BCUT2D eigenvalue weighted by Crippen LogP contribution is 2.11. The van der Waals surface area contributed by atoms with Gasteiger partial charge in [-0.2, -0.15) is 0 Å². The summed E-state index contributed by atoms with van der Waals surface area (Å²) in [5.41, 5.74) is 1.74. The third-order valence-electron chi connectivity index (χ3n) is 2.01. The van der Waals surface area contributed by atoms with Crippen LogP contribution in [-0.2, 0) is 9.53 Å². The molecular weight excluding hydrogens is 216 g/mol.